The van der Waals surface area contributed by atoms with E-state index in [0.29, 0.717) is 22.6 Å². The second-order valence-electron chi connectivity index (χ2n) is 5.74. The van der Waals surface area contributed by atoms with Crippen molar-refractivity contribution < 1.29 is 8.42 Å². The van der Waals surface area contributed by atoms with E-state index in [1.807, 2.05) is 40.7 Å². The summed E-state index contributed by atoms with van der Waals surface area (Å²) in [5.41, 5.74) is 7.82. The summed E-state index contributed by atoms with van der Waals surface area (Å²) in [5.74, 6) is 0. The first-order chi connectivity index (χ1) is 9.72. The van der Waals surface area contributed by atoms with Crippen molar-refractivity contribution in [2.24, 2.45) is 0 Å². The molecule has 0 heterocycles. The molecule has 3 N–H and O–H groups in total. The van der Waals surface area contributed by atoms with Gasteiger partial charge in [0.25, 0.3) is 0 Å². The van der Waals surface area contributed by atoms with Crippen LogP contribution in [0.1, 0.15) is 58.6 Å². The van der Waals surface area contributed by atoms with Crippen LogP contribution in [0.4, 0.5) is 5.69 Å². The quantitative estimate of drug-likeness (QED) is 0.759. The van der Waals surface area contributed by atoms with Crippen molar-refractivity contribution in [3.05, 3.63) is 23.3 Å². The lowest BCUT2D eigenvalue weighted by molar-refractivity contribution is 0.388. The molecule has 0 bridgehead atoms. The van der Waals surface area contributed by atoms with Crippen molar-refractivity contribution in [1.82, 2.24) is 4.72 Å². The predicted molar refractivity (Wildman–Crippen MR) is 88.9 cm³/mol. The number of nitrogens with two attached hydrogens (primary N) is 1. The molecule has 0 unspecified atom stereocenters. The molecule has 0 saturated heterocycles. The van der Waals surface area contributed by atoms with Crippen molar-refractivity contribution in [3.8, 4) is 0 Å². The molecule has 21 heavy (non-hydrogen) atoms. The first kappa shape index (κ1) is 18.0. The maximum absolute atomic E-state index is 12.8. The van der Waals surface area contributed by atoms with Crippen LogP contribution in [0, 0.1) is 0 Å². The third kappa shape index (κ3) is 3.98. The predicted octanol–water partition coefficient (Wildman–Crippen LogP) is 3.25. The van der Waals surface area contributed by atoms with E-state index in [2.05, 4.69) is 4.72 Å². The Morgan fingerprint density at radius 3 is 2.10 bits per heavy atom. The van der Waals surface area contributed by atoms with E-state index in [1.54, 1.807) is 6.07 Å². The molecule has 1 rings (SSSR count). The van der Waals surface area contributed by atoms with Gasteiger partial charge in [0.05, 0.1) is 4.90 Å². The van der Waals surface area contributed by atoms with Crippen LogP contribution < -0.4 is 10.5 Å². The third-order valence-electron chi connectivity index (χ3n) is 4.30. The van der Waals surface area contributed by atoms with Crippen molar-refractivity contribution in [2.45, 2.75) is 70.7 Å². The lowest BCUT2D eigenvalue weighted by Gasteiger charge is -2.28. The first-order valence-electron chi connectivity index (χ1n) is 7.68. The summed E-state index contributed by atoms with van der Waals surface area (Å²) in [6.45, 7) is 9.83. The first-order valence-corrected chi connectivity index (χ1v) is 9.16. The summed E-state index contributed by atoms with van der Waals surface area (Å²) >= 11 is 0. The van der Waals surface area contributed by atoms with Crippen molar-refractivity contribution >= 4 is 15.7 Å². The van der Waals surface area contributed by atoms with Crippen LogP contribution in [0.3, 0.4) is 0 Å². The molecule has 0 aliphatic carbocycles. The van der Waals surface area contributed by atoms with Gasteiger partial charge in [-0.25, -0.2) is 13.1 Å². The van der Waals surface area contributed by atoms with E-state index >= 15 is 0 Å². The number of nitrogens with one attached hydrogen (secondary N) is 1. The molecule has 0 saturated carbocycles. The fraction of sp³-hybridized carbons (Fsp3) is 0.625. The summed E-state index contributed by atoms with van der Waals surface area (Å²) < 4.78 is 28.5. The van der Waals surface area contributed by atoms with Crippen LogP contribution in [-0.4, -0.2) is 14.0 Å². The van der Waals surface area contributed by atoms with Gasteiger partial charge in [-0.1, -0.05) is 27.7 Å². The van der Waals surface area contributed by atoms with Gasteiger partial charge in [-0.2, -0.15) is 0 Å². The number of aryl methyl sites for hydroxylation is 1. The molecule has 0 amide bonds. The van der Waals surface area contributed by atoms with Crippen molar-refractivity contribution in [2.75, 3.05) is 5.73 Å². The second kappa shape index (κ2) is 6.79. The maximum Gasteiger partial charge on any atom is 0.241 e. The van der Waals surface area contributed by atoms with E-state index in [9.17, 15) is 8.42 Å². The third-order valence-corrected chi connectivity index (χ3v) is 6.00. The molecule has 0 spiro atoms. The smallest absolute Gasteiger partial charge is 0.241 e. The highest BCUT2D eigenvalue weighted by Gasteiger charge is 2.29. The second-order valence-corrected chi connectivity index (χ2v) is 7.39. The highest BCUT2D eigenvalue weighted by atomic mass is 32.2. The molecule has 1 aromatic rings. The van der Waals surface area contributed by atoms with Gasteiger partial charge in [-0.3, -0.25) is 0 Å². The molecule has 5 heteroatoms. The Kier molecular flexibility index (Phi) is 5.82. The number of hydrogen-bond donors (Lipinski definition) is 2. The standard InChI is InChI=1S/C16H28N2O2S/c1-6-12-10-14(17)13(7-2)15(11-12)21(19,20)18-16(5,8-3)9-4/h10-11,18H,6-9,17H2,1-5H3. The van der Waals surface area contributed by atoms with Crippen molar-refractivity contribution in [3.63, 3.8) is 0 Å². The van der Waals surface area contributed by atoms with Gasteiger partial charge >= 0.3 is 0 Å². The molecule has 0 aromatic heterocycles. The van der Waals surface area contributed by atoms with Gasteiger partial charge in [0.1, 0.15) is 0 Å². The number of benzene rings is 1. The number of anilines is 1. The monoisotopic (exact) mass is 312 g/mol. The van der Waals surface area contributed by atoms with E-state index < -0.39 is 15.6 Å². The van der Waals surface area contributed by atoms with E-state index in [1.165, 1.54) is 0 Å². The van der Waals surface area contributed by atoms with Crippen LogP contribution in [0.15, 0.2) is 17.0 Å². The highest BCUT2D eigenvalue weighted by Crippen LogP contribution is 2.27. The Bertz CT molecular complexity index is 591. The summed E-state index contributed by atoms with van der Waals surface area (Å²) in [7, 11) is -3.57. The fourth-order valence-electron chi connectivity index (χ4n) is 2.32. The Morgan fingerprint density at radius 1 is 1.10 bits per heavy atom. The van der Waals surface area contributed by atoms with Crippen LogP contribution in [-0.2, 0) is 22.9 Å². The number of nitrogen functional groups attached to an aromatic ring is 1. The van der Waals surface area contributed by atoms with Crippen LogP contribution in [0.5, 0.6) is 0 Å². The Morgan fingerprint density at radius 2 is 1.67 bits per heavy atom. The lowest BCUT2D eigenvalue weighted by Crippen LogP contribution is -2.45. The number of rotatable bonds is 7. The molecule has 0 aliphatic heterocycles. The van der Waals surface area contributed by atoms with E-state index in [4.69, 9.17) is 5.73 Å². The molecule has 0 aliphatic rings. The molecule has 1 aromatic carbocycles. The molecule has 4 nitrogen and oxygen atoms in total. The molecule has 0 atom stereocenters. The summed E-state index contributed by atoms with van der Waals surface area (Å²) in [5, 5.41) is 0. The largest absolute Gasteiger partial charge is 0.398 e. The topological polar surface area (TPSA) is 72.2 Å². The Balaban J connectivity index is 3.40. The Hall–Kier alpha value is -1.07. The lowest BCUT2D eigenvalue weighted by atomic mass is 9.98. The van der Waals surface area contributed by atoms with Crippen LogP contribution in [0.2, 0.25) is 0 Å². The van der Waals surface area contributed by atoms with E-state index in [-0.39, 0.29) is 0 Å². The minimum absolute atomic E-state index is 0.329. The van der Waals surface area contributed by atoms with Crippen LogP contribution in [0.25, 0.3) is 0 Å². The molecule has 0 radical (unpaired) electrons. The average molecular weight is 312 g/mol. The van der Waals surface area contributed by atoms with Gasteiger partial charge in [-0.15, -0.1) is 0 Å². The summed E-state index contributed by atoms with van der Waals surface area (Å²) in [4.78, 5) is 0.329. The molecular weight excluding hydrogens is 284 g/mol. The highest BCUT2D eigenvalue weighted by molar-refractivity contribution is 7.89. The number of hydrogen-bond acceptors (Lipinski definition) is 3. The molecular formula is C16H28N2O2S. The van der Waals surface area contributed by atoms with E-state index in [0.717, 1.165) is 24.8 Å². The molecule has 120 valence electrons. The van der Waals surface area contributed by atoms with Gasteiger partial charge < -0.3 is 5.73 Å². The maximum atomic E-state index is 12.8. The van der Waals surface area contributed by atoms with Gasteiger partial charge in [0.15, 0.2) is 0 Å². The van der Waals surface area contributed by atoms with Gasteiger partial charge in [0.2, 0.25) is 10.0 Å². The zero-order chi connectivity index (χ0) is 16.3. The van der Waals surface area contributed by atoms with Gasteiger partial charge in [-0.05, 0) is 55.9 Å². The average Bonchev–Trinajstić information content (AvgIpc) is 2.45. The normalized spacial score (nSPS) is 12.6. The fourth-order valence-corrected chi connectivity index (χ4v) is 4.26. The summed E-state index contributed by atoms with van der Waals surface area (Å²) in [6.07, 6.45) is 2.84. The summed E-state index contributed by atoms with van der Waals surface area (Å²) in [6, 6.07) is 3.62. The SMILES string of the molecule is CCc1cc(N)c(CC)c(S(=O)(=O)NC(C)(CC)CC)c1. The number of sulfonamides is 1. The van der Waals surface area contributed by atoms with Gasteiger partial charge in [0, 0.05) is 11.2 Å². The minimum atomic E-state index is -3.57. The van der Waals surface area contributed by atoms with Crippen LogP contribution >= 0.6 is 0 Å². The zero-order valence-electron chi connectivity index (χ0n) is 13.8. The minimum Gasteiger partial charge on any atom is -0.398 e. The molecule has 0 fully saturated rings. The zero-order valence-corrected chi connectivity index (χ0v) is 14.6. The van der Waals surface area contributed by atoms with Crippen molar-refractivity contribution in [1.29, 1.82) is 0 Å². The Labute approximate surface area is 129 Å².